The highest BCUT2D eigenvalue weighted by Gasteiger charge is 2.52. The minimum absolute atomic E-state index is 0.0708. The summed E-state index contributed by atoms with van der Waals surface area (Å²) in [5, 5.41) is 19.3. The van der Waals surface area contributed by atoms with E-state index in [9.17, 15) is 24.3 Å². The number of aromatic amines is 1. The average molecular weight is 1290 g/mol. The van der Waals surface area contributed by atoms with Gasteiger partial charge in [0.2, 0.25) is 17.7 Å². The zero-order chi connectivity index (χ0) is 70.5. The fourth-order valence-electron chi connectivity index (χ4n) is 15.1. The number of nitrogens with one attached hydrogen (secondary N) is 4. The van der Waals surface area contributed by atoms with Crippen molar-refractivity contribution in [3.63, 3.8) is 0 Å². The van der Waals surface area contributed by atoms with E-state index >= 15 is 9.59 Å². The number of hydrogen-bond donors (Lipinski definition) is 5. The standard InChI is InChI=1S/C78H125N5O10/c1-27-76(25,26)69(88)81-57(66(84)85)42-48-34-36-50(37-35-48)91-44-49-40-53(74(19,20)21)63(54(41-49)75(22,23)24)93-68(87)61-59(46(10)11)56(80-65(61)83-71(90)78(31-5,32-6)33-7)43-55-58(45(8)9)60(64(79-55)82-70(89)77(28-2,29-3)30-4)67(86)92-62-51(72(13,14)15)38-47(12)39-52(62)73(16,17)18/h34-37,43,45-47,49,51-54,57,62-63,79H,27-33,38-42,44H2,1-26H3,(H,81,88)(H,82,89)(H,84,85)(H,80,83,90). The van der Waals surface area contributed by atoms with Crippen molar-refractivity contribution in [2.45, 2.75) is 281 Å². The molecule has 15 heteroatoms. The van der Waals surface area contributed by atoms with Gasteiger partial charge in [0.25, 0.3) is 0 Å². The van der Waals surface area contributed by atoms with Gasteiger partial charge in [-0.1, -0.05) is 192 Å². The molecule has 1 aliphatic heterocycles. The molecule has 3 aliphatic rings. The van der Waals surface area contributed by atoms with E-state index in [0.29, 0.717) is 98.6 Å². The number of amidine groups is 1. The van der Waals surface area contributed by atoms with Gasteiger partial charge in [-0.15, -0.1) is 0 Å². The summed E-state index contributed by atoms with van der Waals surface area (Å²) in [4.78, 5) is 95.4. The molecule has 0 bridgehead atoms. The summed E-state index contributed by atoms with van der Waals surface area (Å²) in [6.45, 7) is 55.0. The van der Waals surface area contributed by atoms with Crippen LogP contribution in [0.5, 0.6) is 5.75 Å². The number of H-pyrrole nitrogens is 1. The highest BCUT2D eigenvalue weighted by Crippen LogP contribution is 2.53. The summed E-state index contributed by atoms with van der Waals surface area (Å²) in [7, 11) is 0. The van der Waals surface area contributed by atoms with Crippen LogP contribution in [0.3, 0.4) is 0 Å². The first-order valence-corrected chi connectivity index (χ1v) is 35.6. The third-order valence-corrected chi connectivity index (χ3v) is 22.4. The first kappa shape index (κ1) is 78.0. The van der Waals surface area contributed by atoms with Gasteiger partial charge in [0.05, 0.1) is 12.3 Å². The maximum absolute atomic E-state index is 15.9. The van der Waals surface area contributed by atoms with Gasteiger partial charge in [0.1, 0.15) is 46.8 Å². The van der Waals surface area contributed by atoms with Crippen LogP contribution < -0.4 is 20.7 Å². The Balaban J connectivity index is 1.66. The molecular weight excluding hydrogens is 1170 g/mol. The molecule has 2 saturated carbocycles. The topological polar surface area (TPSA) is 215 Å². The Hall–Kier alpha value is -5.73. The summed E-state index contributed by atoms with van der Waals surface area (Å²) < 4.78 is 20.7. The van der Waals surface area contributed by atoms with E-state index in [1.165, 1.54) is 0 Å². The van der Waals surface area contributed by atoms with Gasteiger partial charge in [-0.25, -0.2) is 19.4 Å². The Bertz CT molecular complexity index is 2980. The minimum Gasteiger partial charge on any atom is -0.493 e. The zero-order valence-electron chi connectivity index (χ0n) is 62.5. The molecule has 15 nitrogen and oxygen atoms in total. The van der Waals surface area contributed by atoms with Crippen LogP contribution in [0.1, 0.15) is 284 Å². The number of benzene rings is 1. The Labute approximate surface area is 561 Å². The van der Waals surface area contributed by atoms with Crippen LogP contribution in [0.15, 0.2) is 46.1 Å². The SMILES string of the molecule is CCC(C)(C)C(=O)NC(Cc1ccc(OCC2CC(C(C)(C)C)C(OC(=O)C3=C(C(C)C)C(=Cc4[nH]c(NC(=O)C(CC)(CC)CC)c(C(=O)OC5C(C(C)(C)C)CC(C)CC5C(C)(C)C)c4C(C)C)N=C3NC(=O)C(CC)(CC)CC)C(C(C)(C)C)C2)cc1)C(=O)O. The van der Waals surface area contributed by atoms with E-state index in [1.807, 2.05) is 107 Å². The lowest BCUT2D eigenvalue weighted by Crippen LogP contribution is -2.51. The molecule has 2 aliphatic carbocycles. The first-order chi connectivity index (χ1) is 42.9. The summed E-state index contributed by atoms with van der Waals surface area (Å²) in [5.41, 5.74) is 0.243. The minimum atomic E-state index is -1.10. The number of carbonyl (C=O) groups excluding carboxylic acids is 5. The number of carboxylic acids is 1. The van der Waals surface area contributed by atoms with E-state index in [4.69, 9.17) is 19.2 Å². The molecule has 93 heavy (non-hydrogen) atoms. The summed E-state index contributed by atoms with van der Waals surface area (Å²) in [5.74, 6) is -2.07. The second kappa shape index (κ2) is 30.6. The van der Waals surface area contributed by atoms with Gasteiger partial charge in [-0.05, 0) is 151 Å². The molecule has 1 aromatic carbocycles. The molecule has 0 radical (unpaired) electrons. The molecule has 0 saturated heterocycles. The fourth-order valence-corrected chi connectivity index (χ4v) is 15.1. The zero-order valence-corrected chi connectivity index (χ0v) is 62.5. The van der Waals surface area contributed by atoms with E-state index in [2.05, 4.69) is 111 Å². The van der Waals surface area contributed by atoms with Gasteiger partial charge in [-0.2, -0.15) is 0 Å². The molecule has 2 aromatic rings. The maximum Gasteiger partial charge on any atom is 0.342 e. The number of rotatable bonds is 25. The van der Waals surface area contributed by atoms with E-state index in [1.54, 1.807) is 13.8 Å². The number of esters is 2. The molecule has 522 valence electrons. The lowest BCUT2D eigenvalue weighted by atomic mass is 9.58. The third kappa shape index (κ3) is 18.0. The number of aliphatic imine (C=N–C) groups is 1. The highest BCUT2D eigenvalue weighted by atomic mass is 16.6. The fraction of sp³-hybridized carbons (Fsp3) is 0.731. The molecule has 3 amide bonds. The van der Waals surface area contributed by atoms with Crippen molar-refractivity contribution >= 4 is 53.4 Å². The van der Waals surface area contributed by atoms with E-state index in [0.717, 1.165) is 18.4 Å². The van der Waals surface area contributed by atoms with Crippen LogP contribution in [0, 0.1) is 79.3 Å². The molecule has 5 unspecified atom stereocenters. The summed E-state index contributed by atoms with van der Waals surface area (Å²) >= 11 is 0. The van der Waals surface area contributed by atoms with Gasteiger partial charge in [0, 0.05) is 52.0 Å². The normalized spacial score (nSPS) is 22.8. The number of anilines is 1. The van der Waals surface area contributed by atoms with Crippen LogP contribution >= 0.6 is 0 Å². The van der Waals surface area contributed by atoms with Crippen LogP contribution in [-0.2, 0) is 39.9 Å². The second-order valence-corrected chi connectivity index (χ2v) is 33.7. The summed E-state index contributed by atoms with van der Waals surface area (Å²) in [6.07, 6.45) is 8.36. The first-order valence-electron chi connectivity index (χ1n) is 35.6. The van der Waals surface area contributed by atoms with Crippen LogP contribution in [-0.4, -0.2) is 76.4 Å². The van der Waals surface area contributed by atoms with Gasteiger partial charge < -0.3 is 40.3 Å². The molecule has 5 N–H and O–H groups in total. The quantitative estimate of drug-likeness (QED) is 0.0593. The molecule has 1 aromatic heterocycles. The van der Waals surface area contributed by atoms with Gasteiger partial charge in [0.15, 0.2) is 0 Å². The summed E-state index contributed by atoms with van der Waals surface area (Å²) in [6, 6.07) is 6.29. The van der Waals surface area contributed by atoms with Crippen molar-refractivity contribution in [1.29, 1.82) is 0 Å². The molecule has 0 spiro atoms. The van der Waals surface area contributed by atoms with Crippen LogP contribution in [0.25, 0.3) is 6.08 Å². The van der Waals surface area contributed by atoms with E-state index in [-0.39, 0.29) is 110 Å². The predicted molar refractivity (Wildman–Crippen MR) is 377 cm³/mol. The van der Waals surface area contributed by atoms with Crippen molar-refractivity contribution in [2.75, 3.05) is 11.9 Å². The Morgan fingerprint density at radius 2 is 1.04 bits per heavy atom. The van der Waals surface area contributed by atoms with Crippen molar-refractivity contribution in [2.24, 2.45) is 84.3 Å². The molecule has 5 atom stereocenters. The molecular formula is C78H125N5O10. The van der Waals surface area contributed by atoms with Gasteiger partial charge >= 0.3 is 17.9 Å². The van der Waals surface area contributed by atoms with Crippen molar-refractivity contribution in [3.8, 4) is 5.75 Å². The average Bonchev–Trinajstić information content (AvgIpc) is 1.75. The van der Waals surface area contributed by atoms with Crippen molar-refractivity contribution < 1.29 is 48.1 Å². The largest absolute Gasteiger partial charge is 0.493 e. The number of carboxylic acid groups (broad SMARTS) is 1. The Kier molecular flexibility index (Phi) is 25.6. The van der Waals surface area contributed by atoms with Crippen LogP contribution in [0.2, 0.25) is 0 Å². The number of hydrogen-bond acceptors (Lipinski definition) is 10. The number of ether oxygens (including phenoxy) is 3. The number of nitrogens with zero attached hydrogens (tertiary/aromatic N) is 1. The second-order valence-electron chi connectivity index (χ2n) is 33.7. The number of aliphatic carboxylic acids is 1. The number of amides is 3. The van der Waals surface area contributed by atoms with Gasteiger partial charge in [-0.3, -0.25) is 14.4 Å². The third-order valence-electron chi connectivity index (χ3n) is 22.4. The highest BCUT2D eigenvalue weighted by molar-refractivity contribution is 6.26. The Morgan fingerprint density at radius 1 is 0.602 bits per heavy atom. The molecule has 5 rings (SSSR count). The van der Waals surface area contributed by atoms with E-state index < -0.39 is 52.4 Å². The smallest absolute Gasteiger partial charge is 0.342 e. The number of aromatic nitrogens is 1. The molecule has 2 fully saturated rings. The van der Waals surface area contributed by atoms with Crippen molar-refractivity contribution in [1.82, 2.24) is 15.6 Å². The maximum atomic E-state index is 15.9. The lowest BCUT2D eigenvalue weighted by molar-refractivity contribution is -0.165. The number of carbonyl (C=O) groups is 6. The monoisotopic (exact) mass is 1290 g/mol. The lowest BCUT2D eigenvalue weighted by Gasteiger charge is -2.50. The molecule has 2 heterocycles. The number of allylic oxidation sites excluding steroid dienone is 1. The Morgan fingerprint density at radius 3 is 1.45 bits per heavy atom. The predicted octanol–water partition coefficient (Wildman–Crippen LogP) is 17.9. The van der Waals surface area contributed by atoms with Crippen LogP contribution in [0.4, 0.5) is 5.82 Å². The van der Waals surface area contributed by atoms with Crippen molar-refractivity contribution in [3.05, 3.63) is 63.5 Å².